The first-order valence-electron chi connectivity index (χ1n) is 9.10. The van der Waals surface area contributed by atoms with E-state index in [1.165, 1.54) is 0 Å². The predicted octanol–water partition coefficient (Wildman–Crippen LogP) is 1.57. The Morgan fingerprint density at radius 2 is 1.88 bits per heavy atom. The molecule has 1 aromatic rings. The maximum atomic E-state index is 12.5. The van der Waals surface area contributed by atoms with Crippen molar-refractivity contribution >= 4 is 11.9 Å². The minimum absolute atomic E-state index is 0.0542. The molecule has 6 nitrogen and oxygen atoms in total. The van der Waals surface area contributed by atoms with E-state index in [0.29, 0.717) is 39.1 Å². The Bertz CT molecular complexity index is 606. The Kier molecular flexibility index (Phi) is 5.91. The first-order valence-corrected chi connectivity index (χ1v) is 9.10. The van der Waals surface area contributed by atoms with Crippen molar-refractivity contribution in [3.05, 3.63) is 35.4 Å². The molecule has 0 aromatic heterocycles. The topological polar surface area (TPSA) is 61.9 Å². The average Bonchev–Trinajstić information content (AvgIpc) is 3.15. The van der Waals surface area contributed by atoms with Gasteiger partial charge in [-0.3, -0.25) is 4.79 Å². The molecule has 1 N–H and O–H groups in total. The summed E-state index contributed by atoms with van der Waals surface area (Å²) < 4.78 is 5.52. The normalized spacial score (nSPS) is 20.6. The molecule has 1 atom stereocenters. The summed E-state index contributed by atoms with van der Waals surface area (Å²) in [6.45, 7) is 5.75. The van der Waals surface area contributed by atoms with E-state index in [0.717, 1.165) is 30.6 Å². The van der Waals surface area contributed by atoms with Gasteiger partial charge in [-0.1, -0.05) is 24.3 Å². The van der Waals surface area contributed by atoms with Gasteiger partial charge in [0.1, 0.15) is 0 Å². The van der Waals surface area contributed by atoms with Gasteiger partial charge in [0.25, 0.3) is 0 Å². The molecule has 2 aliphatic heterocycles. The molecule has 0 saturated carbocycles. The maximum Gasteiger partial charge on any atom is 0.317 e. The number of nitrogens with one attached hydrogen (secondary N) is 1. The van der Waals surface area contributed by atoms with E-state index < -0.39 is 0 Å². The summed E-state index contributed by atoms with van der Waals surface area (Å²) >= 11 is 0. The van der Waals surface area contributed by atoms with Gasteiger partial charge < -0.3 is 19.9 Å². The molecule has 0 bridgehead atoms. The summed E-state index contributed by atoms with van der Waals surface area (Å²) in [7, 11) is 0. The molecular formula is C19H27N3O3. The molecule has 1 aromatic carbocycles. The van der Waals surface area contributed by atoms with Crippen molar-refractivity contribution in [2.75, 3.05) is 39.3 Å². The summed E-state index contributed by atoms with van der Waals surface area (Å²) in [5, 5.41) is 2.94. The fourth-order valence-corrected chi connectivity index (χ4v) is 3.36. The zero-order valence-electron chi connectivity index (χ0n) is 14.9. The number of amides is 3. The number of piperazine rings is 1. The molecule has 0 radical (unpaired) electrons. The summed E-state index contributed by atoms with van der Waals surface area (Å²) in [5.74, 6) is 0.133. The molecule has 0 spiro atoms. The lowest BCUT2D eigenvalue weighted by atomic mass is 10.1. The predicted molar refractivity (Wildman–Crippen MR) is 95.4 cm³/mol. The van der Waals surface area contributed by atoms with Crippen LogP contribution in [0.15, 0.2) is 24.3 Å². The van der Waals surface area contributed by atoms with E-state index in [2.05, 4.69) is 5.32 Å². The molecule has 0 aliphatic carbocycles. The van der Waals surface area contributed by atoms with Gasteiger partial charge in [0.05, 0.1) is 12.5 Å². The van der Waals surface area contributed by atoms with Crippen LogP contribution in [0.5, 0.6) is 0 Å². The Labute approximate surface area is 149 Å². The van der Waals surface area contributed by atoms with E-state index in [4.69, 9.17) is 4.74 Å². The van der Waals surface area contributed by atoms with Gasteiger partial charge in [-0.2, -0.15) is 0 Å². The Morgan fingerprint density at radius 3 is 2.56 bits per heavy atom. The number of carbonyl (C=O) groups excluding carboxylic acids is 2. The molecule has 2 saturated heterocycles. The number of ether oxygens (including phenoxy) is 1. The number of hydrogen-bond acceptors (Lipinski definition) is 3. The molecule has 136 valence electrons. The van der Waals surface area contributed by atoms with E-state index in [1.54, 1.807) is 4.90 Å². The van der Waals surface area contributed by atoms with Crippen LogP contribution in [-0.4, -0.2) is 67.2 Å². The second kappa shape index (κ2) is 8.34. The van der Waals surface area contributed by atoms with Crippen LogP contribution >= 0.6 is 0 Å². The smallest absolute Gasteiger partial charge is 0.317 e. The van der Waals surface area contributed by atoms with E-state index in [9.17, 15) is 9.59 Å². The van der Waals surface area contributed by atoms with Gasteiger partial charge in [0, 0.05) is 39.3 Å². The third-order valence-electron chi connectivity index (χ3n) is 5.03. The average molecular weight is 345 g/mol. The summed E-state index contributed by atoms with van der Waals surface area (Å²) in [4.78, 5) is 28.4. The highest BCUT2D eigenvalue weighted by atomic mass is 16.5. The monoisotopic (exact) mass is 345 g/mol. The van der Waals surface area contributed by atoms with Crippen LogP contribution in [0.3, 0.4) is 0 Å². The number of benzene rings is 1. The lowest BCUT2D eigenvalue weighted by Gasteiger charge is -2.35. The number of aryl methyl sites for hydroxylation is 1. The molecule has 6 heteroatoms. The van der Waals surface area contributed by atoms with Gasteiger partial charge in [-0.05, 0) is 30.9 Å². The van der Waals surface area contributed by atoms with Gasteiger partial charge in [0.2, 0.25) is 5.91 Å². The Hall–Kier alpha value is -2.08. The summed E-state index contributed by atoms with van der Waals surface area (Å²) in [5.41, 5.74) is 2.22. The largest absolute Gasteiger partial charge is 0.376 e. The third kappa shape index (κ3) is 4.72. The molecule has 3 rings (SSSR count). The van der Waals surface area contributed by atoms with Crippen LogP contribution in [0.2, 0.25) is 0 Å². The van der Waals surface area contributed by atoms with Crippen molar-refractivity contribution in [1.29, 1.82) is 0 Å². The van der Waals surface area contributed by atoms with Crippen molar-refractivity contribution in [2.24, 2.45) is 0 Å². The minimum atomic E-state index is -0.0542. The number of urea groups is 1. The summed E-state index contributed by atoms with van der Waals surface area (Å²) in [6.07, 6.45) is 2.67. The molecule has 2 fully saturated rings. The van der Waals surface area contributed by atoms with Crippen LogP contribution in [0.4, 0.5) is 4.79 Å². The fraction of sp³-hybridized carbons (Fsp3) is 0.579. The fourth-order valence-electron chi connectivity index (χ4n) is 3.36. The van der Waals surface area contributed by atoms with E-state index >= 15 is 0 Å². The standard InChI is InChI=1S/C19H27N3O3/c1-15-5-2-3-6-16(15)13-18(23)21-8-10-22(11-9-21)19(24)20-14-17-7-4-12-25-17/h2-3,5-6,17H,4,7-14H2,1H3,(H,20,24). The van der Waals surface area contributed by atoms with Crippen molar-refractivity contribution in [3.63, 3.8) is 0 Å². The Balaban J connectivity index is 1.42. The van der Waals surface area contributed by atoms with Gasteiger partial charge in [-0.25, -0.2) is 4.79 Å². The highest BCUT2D eigenvalue weighted by molar-refractivity contribution is 5.80. The van der Waals surface area contributed by atoms with Crippen LogP contribution < -0.4 is 5.32 Å². The third-order valence-corrected chi connectivity index (χ3v) is 5.03. The second-order valence-electron chi connectivity index (χ2n) is 6.79. The van der Waals surface area contributed by atoms with Crippen LogP contribution in [0.1, 0.15) is 24.0 Å². The molecule has 1 unspecified atom stereocenters. The van der Waals surface area contributed by atoms with Crippen molar-refractivity contribution in [2.45, 2.75) is 32.3 Å². The van der Waals surface area contributed by atoms with Crippen LogP contribution in [-0.2, 0) is 16.0 Å². The number of carbonyl (C=O) groups is 2. The zero-order chi connectivity index (χ0) is 17.6. The molecule has 2 heterocycles. The van der Waals surface area contributed by atoms with Crippen molar-refractivity contribution < 1.29 is 14.3 Å². The number of nitrogens with zero attached hydrogens (tertiary/aromatic N) is 2. The van der Waals surface area contributed by atoms with Crippen molar-refractivity contribution in [3.8, 4) is 0 Å². The molecule has 25 heavy (non-hydrogen) atoms. The molecule has 3 amide bonds. The molecular weight excluding hydrogens is 318 g/mol. The maximum absolute atomic E-state index is 12.5. The lowest BCUT2D eigenvalue weighted by Crippen LogP contribution is -2.54. The van der Waals surface area contributed by atoms with Crippen LogP contribution in [0, 0.1) is 6.92 Å². The minimum Gasteiger partial charge on any atom is -0.376 e. The number of hydrogen-bond donors (Lipinski definition) is 1. The zero-order valence-corrected chi connectivity index (χ0v) is 14.9. The van der Waals surface area contributed by atoms with E-state index in [-0.39, 0.29) is 18.0 Å². The SMILES string of the molecule is Cc1ccccc1CC(=O)N1CCN(C(=O)NCC2CCCO2)CC1. The van der Waals surface area contributed by atoms with Gasteiger partial charge >= 0.3 is 6.03 Å². The summed E-state index contributed by atoms with van der Waals surface area (Å²) in [6, 6.07) is 7.92. The molecule has 2 aliphatic rings. The van der Waals surface area contributed by atoms with Gasteiger partial charge in [-0.15, -0.1) is 0 Å². The Morgan fingerprint density at radius 1 is 1.16 bits per heavy atom. The highest BCUT2D eigenvalue weighted by Gasteiger charge is 2.25. The first kappa shape index (κ1) is 17.7. The van der Waals surface area contributed by atoms with Gasteiger partial charge in [0.15, 0.2) is 0 Å². The quantitative estimate of drug-likeness (QED) is 0.901. The second-order valence-corrected chi connectivity index (χ2v) is 6.79. The highest BCUT2D eigenvalue weighted by Crippen LogP contribution is 2.12. The first-order chi connectivity index (χ1) is 12.1. The van der Waals surface area contributed by atoms with Crippen molar-refractivity contribution in [1.82, 2.24) is 15.1 Å². The van der Waals surface area contributed by atoms with E-state index in [1.807, 2.05) is 36.1 Å². The lowest BCUT2D eigenvalue weighted by molar-refractivity contribution is -0.131. The van der Waals surface area contributed by atoms with Crippen LogP contribution in [0.25, 0.3) is 0 Å². The number of rotatable bonds is 4.